The van der Waals surface area contributed by atoms with E-state index in [0.717, 1.165) is 6.04 Å². The van der Waals surface area contributed by atoms with Crippen LogP contribution in [0.3, 0.4) is 0 Å². The van der Waals surface area contributed by atoms with Crippen molar-refractivity contribution >= 4 is 11.8 Å². The summed E-state index contributed by atoms with van der Waals surface area (Å²) in [6.07, 6.45) is 6.70. The van der Waals surface area contributed by atoms with E-state index in [-0.39, 0.29) is 0 Å². The SMILES string of the molecule is CCC1(CC)CN(C2CCCSC2)CCCN1. The average molecular weight is 256 g/mol. The zero-order chi connectivity index (χ0) is 12.1. The highest BCUT2D eigenvalue weighted by Gasteiger charge is 2.33. The molecule has 2 heterocycles. The first-order chi connectivity index (χ1) is 8.29. The van der Waals surface area contributed by atoms with E-state index in [0.29, 0.717) is 5.54 Å². The third-order valence-electron chi connectivity index (χ3n) is 4.63. The first-order valence-corrected chi connectivity index (χ1v) is 8.52. The van der Waals surface area contributed by atoms with Gasteiger partial charge in [-0.05, 0) is 50.9 Å². The van der Waals surface area contributed by atoms with Crippen molar-refractivity contribution in [2.45, 2.75) is 57.5 Å². The summed E-state index contributed by atoms with van der Waals surface area (Å²) in [5.41, 5.74) is 0.388. The lowest BCUT2D eigenvalue weighted by Crippen LogP contribution is -2.53. The fourth-order valence-electron chi connectivity index (χ4n) is 3.21. The molecule has 0 bridgehead atoms. The van der Waals surface area contributed by atoms with Gasteiger partial charge in [0.2, 0.25) is 0 Å². The maximum absolute atomic E-state index is 3.82. The van der Waals surface area contributed by atoms with Gasteiger partial charge in [0.25, 0.3) is 0 Å². The van der Waals surface area contributed by atoms with Gasteiger partial charge in [0.1, 0.15) is 0 Å². The molecule has 1 atom stereocenters. The predicted octanol–water partition coefficient (Wildman–Crippen LogP) is 2.74. The second-order valence-electron chi connectivity index (χ2n) is 5.61. The van der Waals surface area contributed by atoms with Gasteiger partial charge in [0.15, 0.2) is 0 Å². The van der Waals surface area contributed by atoms with Crippen LogP contribution in [0.5, 0.6) is 0 Å². The minimum Gasteiger partial charge on any atom is -0.310 e. The van der Waals surface area contributed by atoms with E-state index >= 15 is 0 Å². The Morgan fingerprint density at radius 1 is 1.29 bits per heavy atom. The molecule has 3 heteroatoms. The van der Waals surface area contributed by atoms with Crippen LogP contribution in [0.15, 0.2) is 0 Å². The maximum Gasteiger partial charge on any atom is 0.0303 e. The molecule has 0 aromatic heterocycles. The number of hydrogen-bond acceptors (Lipinski definition) is 3. The van der Waals surface area contributed by atoms with Crippen LogP contribution in [-0.4, -0.2) is 47.6 Å². The van der Waals surface area contributed by atoms with Gasteiger partial charge in [-0.25, -0.2) is 0 Å². The number of nitrogens with zero attached hydrogens (tertiary/aromatic N) is 1. The van der Waals surface area contributed by atoms with E-state index in [9.17, 15) is 0 Å². The van der Waals surface area contributed by atoms with Crippen molar-refractivity contribution < 1.29 is 0 Å². The smallest absolute Gasteiger partial charge is 0.0303 e. The van der Waals surface area contributed by atoms with Crippen LogP contribution in [0.25, 0.3) is 0 Å². The van der Waals surface area contributed by atoms with Gasteiger partial charge < -0.3 is 5.32 Å². The summed E-state index contributed by atoms with van der Waals surface area (Å²) in [5.74, 6) is 2.75. The minimum absolute atomic E-state index is 0.388. The Balaban J connectivity index is 2.00. The van der Waals surface area contributed by atoms with Gasteiger partial charge in [-0.2, -0.15) is 11.8 Å². The normalized spacial score (nSPS) is 31.1. The second-order valence-corrected chi connectivity index (χ2v) is 6.76. The molecule has 0 amide bonds. The molecule has 1 unspecified atom stereocenters. The van der Waals surface area contributed by atoms with Crippen molar-refractivity contribution in [3.63, 3.8) is 0 Å². The number of thioether (sulfide) groups is 1. The fourth-order valence-corrected chi connectivity index (χ4v) is 4.39. The summed E-state index contributed by atoms with van der Waals surface area (Å²) in [5, 5.41) is 3.82. The van der Waals surface area contributed by atoms with E-state index in [1.165, 1.54) is 63.2 Å². The highest BCUT2D eigenvalue weighted by molar-refractivity contribution is 7.99. The van der Waals surface area contributed by atoms with Crippen molar-refractivity contribution in [2.24, 2.45) is 0 Å². The molecule has 2 fully saturated rings. The Morgan fingerprint density at radius 2 is 2.12 bits per heavy atom. The lowest BCUT2D eigenvalue weighted by Gasteiger charge is -2.40. The number of nitrogens with one attached hydrogen (secondary N) is 1. The molecule has 2 saturated heterocycles. The zero-order valence-electron chi connectivity index (χ0n) is 11.5. The molecule has 2 rings (SSSR count). The third kappa shape index (κ3) is 3.39. The molecule has 2 nitrogen and oxygen atoms in total. The summed E-state index contributed by atoms with van der Waals surface area (Å²) in [7, 11) is 0. The molecule has 0 radical (unpaired) electrons. The van der Waals surface area contributed by atoms with Gasteiger partial charge in [-0.1, -0.05) is 13.8 Å². The fraction of sp³-hybridized carbons (Fsp3) is 1.00. The molecule has 0 aromatic carbocycles. The largest absolute Gasteiger partial charge is 0.310 e. The molecule has 0 aliphatic carbocycles. The topological polar surface area (TPSA) is 15.3 Å². The summed E-state index contributed by atoms with van der Waals surface area (Å²) >= 11 is 2.16. The Morgan fingerprint density at radius 3 is 2.76 bits per heavy atom. The Bertz CT molecular complexity index is 222. The first kappa shape index (κ1) is 13.7. The lowest BCUT2D eigenvalue weighted by atomic mass is 9.91. The predicted molar refractivity (Wildman–Crippen MR) is 77.9 cm³/mol. The Labute approximate surface area is 111 Å². The average Bonchev–Trinajstić information content (AvgIpc) is 2.63. The standard InChI is InChI=1S/C14H28N2S/c1-3-14(4-2)12-16(9-6-8-15-14)13-7-5-10-17-11-13/h13,15H,3-12H2,1-2H3. The highest BCUT2D eigenvalue weighted by Crippen LogP contribution is 2.26. The Kier molecular flexibility index (Phi) is 5.19. The van der Waals surface area contributed by atoms with Gasteiger partial charge in [-0.3, -0.25) is 4.90 Å². The van der Waals surface area contributed by atoms with Crippen molar-refractivity contribution in [1.29, 1.82) is 0 Å². The van der Waals surface area contributed by atoms with Crippen LogP contribution in [0.4, 0.5) is 0 Å². The van der Waals surface area contributed by atoms with Gasteiger partial charge in [0.05, 0.1) is 0 Å². The molecule has 1 N–H and O–H groups in total. The van der Waals surface area contributed by atoms with Crippen LogP contribution >= 0.6 is 11.8 Å². The molecular weight excluding hydrogens is 228 g/mol. The monoisotopic (exact) mass is 256 g/mol. The summed E-state index contributed by atoms with van der Waals surface area (Å²) in [4.78, 5) is 2.79. The molecule has 100 valence electrons. The number of rotatable bonds is 3. The molecule has 17 heavy (non-hydrogen) atoms. The molecule has 0 aromatic rings. The van der Waals surface area contributed by atoms with E-state index < -0.39 is 0 Å². The van der Waals surface area contributed by atoms with E-state index in [1.54, 1.807) is 0 Å². The molecular formula is C14H28N2S. The molecule has 2 aliphatic rings. The third-order valence-corrected chi connectivity index (χ3v) is 5.83. The molecule has 0 spiro atoms. The maximum atomic E-state index is 3.82. The second kappa shape index (κ2) is 6.44. The summed E-state index contributed by atoms with van der Waals surface area (Å²) < 4.78 is 0. The minimum atomic E-state index is 0.388. The van der Waals surface area contributed by atoms with Gasteiger partial charge in [-0.15, -0.1) is 0 Å². The molecule has 0 saturated carbocycles. The first-order valence-electron chi connectivity index (χ1n) is 7.36. The van der Waals surface area contributed by atoms with Crippen LogP contribution in [0, 0.1) is 0 Å². The lowest BCUT2D eigenvalue weighted by molar-refractivity contribution is 0.151. The summed E-state index contributed by atoms with van der Waals surface area (Å²) in [6, 6.07) is 0.853. The van der Waals surface area contributed by atoms with Gasteiger partial charge >= 0.3 is 0 Å². The van der Waals surface area contributed by atoms with Crippen molar-refractivity contribution in [3.05, 3.63) is 0 Å². The zero-order valence-corrected chi connectivity index (χ0v) is 12.3. The quantitative estimate of drug-likeness (QED) is 0.836. The van der Waals surface area contributed by atoms with Crippen molar-refractivity contribution in [2.75, 3.05) is 31.1 Å². The van der Waals surface area contributed by atoms with Crippen LogP contribution in [-0.2, 0) is 0 Å². The van der Waals surface area contributed by atoms with Gasteiger partial charge in [0, 0.05) is 23.9 Å². The van der Waals surface area contributed by atoms with E-state index in [4.69, 9.17) is 0 Å². The molecule has 2 aliphatic heterocycles. The van der Waals surface area contributed by atoms with Crippen LogP contribution in [0.1, 0.15) is 46.0 Å². The Hall–Kier alpha value is 0.270. The van der Waals surface area contributed by atoms with Crippen LogP contribution < -0.4 is 5.32 Å². The summed E-state index contributed by atoms with van der Waals surface area (Å²) in [6.45, 7) is 8.47. The van der Waals surface area contributed by atoms with E-state index in [2.05, 4.69) is 35.8 Å². The highest BCUT2D eigenvalue weighted by atomic mass is 32.2. The van der Waals surface area contributed by atoms with E-state index in [1.807, 2.05) is 0 Å². The number of hydrogen-bond donors (Lipinski definition) is 1. The van der Waals surface area contributed by atoms with Crippen molar-refractivity contribution in [3.8, 4) is 0 Å². The van der Waals surface area contributed by atoms with Crippen molar-refractivity contribution in [1.82, 2.24) is 10.2 Å². The van der Waals surface area contributed by atoms with Crippen LogP contribution in [0.2, 0.25) is 0 Å².